The van der Waals surface area contributed by atoms with E-state index in [9.17, 15) is 4.79 Å². The third kappa shape index (κ3) is 5.65. The monoisotopic (exact) mass is 254 g/mol. The third-order valence-electron chi connectivity index (χ3n) is 3.55. The number of methoxy groups -OCH3 is 1. The summed E-state index contributed by atoms with van der Waals surface area (Å²) >= 11 is 0. The van der Waals surface area contributed by atoms with Crippen LogP contribution in [0.2, 0.25) is 0 Å². The summed E-state index contributed by atoms with van der Waals surface area (Å²) in [5, 5.41) is 2.85. The molecule has 0 aromatic rings. The van der Waals surface area contributed by atoms with Crippen LogP contribution in [0.25, 0.3) is 0 Å². The molecule has 0 saturated heterocycles. The summed E-state index contributed by atoms with van der Waals surface area (Å²) in [6, 6.07) is 0. The van der Waals surface area contributed by atoms with Gasteiger partial charge in [-0.25, -0.2) is 0 Å². The average molecular weight is 254 g/mol. The van der Waals surface area contributed by atoms with E-state index < -0.39 is 0 Å². The Bertz CT molecular complexity index is 261. The maximum absolute atomic E-state index is 11.9. The number of carbonyl (C=O) groups is 1. The van der Waals surface area contributed by atoms with Gasteiger partial charge in [0.05, 0.1) is 0 Å². The van der Waals surface area contributed by atoms with Crippen LogP contribution in [0.4, 0.5) is 0 Å². The van der Waals surface area contributed by atoms with Crippen LogP contribution < -0.4 is 11.1 Å². The van der Waals surface area contributed by atoms with E-state index in [1.54, 1.807) is 7.11 Å². The van der Waals surface area contributed by atoms with Gasteiger partial charge in [0, 0.05) is 20.2 Å². The zero-order chi connectivity index (χ0) is 13.2. The normalized spacial score (nSPS) is 19.0. The molecule has 1 rings (SSSR count). The molecular formula is C14H26N2O2. The van der Waals surface area contributed by atoms with Crippen LogP contribution in [0, 0.1) is 5.92 Å². The highest BCUT2D eigenvalue weighted by atomic mass is 16.5. The van der Waals surface area contributed by atoms with Gasteiger partial charge < -0.3 is 15.8 Å². The first-order valence-electron chi connectivity index (χ1n) is 6.93. The largest absolute Gasteiger partial charge is 0.372 e. The smallest absolute Gasteiger partial charge is 0.249 e. The van der Waals surface area contributed by atoms with E-state index in [2.05, 4.69) is 5.32 Å². The van der Waals surface area contributed by atoms with Gasteiger partial charge in [-0.3, -0.25) is 4.79 Å². The fraction of sp³-hybridized carbons (Fsp3) is 0.786. The van der Waals surface area contributed by atoms with Crippen LogP contribution in [0.1, 0.15) is 38.5 Å². The molecule has 1 saturated carbocycles. The van der Waals surface area contributed by atoms with E-state index in [1.165, 1.54) is 32.1 Å². The topological polar surface area (TPSA) is 64.3 Å². The Kier molecular flexibility index (Phi) is 7.69. The maximum Gasteiger partial charge on any atom is 0.249 e. The molecule has 0 bridgehead atoms. The second kappa shape index (κ2) is 9.11. The van der Waals surface area contributed by atoms with E-state index >= 15 is 0 Å². The van der Waals surface area contributed by atoms with E-state index in [0.29, 0.717) is 19.0 Å². The van der Waals surface area contributed by atoms with Crippen molar-refractivity contribution in [1.29, 1.82) is 0 Å². The Balaban J connectivity index is 2.29. The van der Waals surface area contributed by atoms with Crippen molar-refractivity contribution in [1.82, 2.24) is 5.32 Å². The Morgan fingerprint density at radius 3 is 2.72 bits per heavy atom. The van der Waals surface area contributed by atoms with E-state index in [1.807, 2.05) is 12.2 Å². The molecule has 1 aliphatic rings. The summed E-state index contributed by atoms with van der Waals surface area (Å²) in [4.78, 5) is 11.9. The molecule has 4 heteroatoms. The van der Waals surface area contributed by atoms with Gasteiger partial charge in [0.25, 0.3) is 0 Å². The van der Waals surface area contributed by atoms with Crippen LogP contribution in [0.15, 0.2) is 12.2 Å². The Morgan fingerprint density at radius 1 is 1.39 bits per heavy atom. The van der Waals surface area contributed by atoms with Gasteiger partial charge in [0.1, 0.15) is 6.10 Å². The zero-order valence-electron chi connectivity index (χ0n) is 11.4. The fourth-order valence-corrected chi connectivity index (χ4v) is 2.49. The third-order valence-corrected chi connectivity index (χ3v) is 3.55. The molecule has 1 fully saturated rings. The quantitative estimate of drug-likeness (QED) is 0.678. The van der Waals surface area contributed by atoms with Gasteiger partial charge in [0.2, 0.25) is 5.91 Å². The van der Waals surface area contributed by atoms with Gasteiger partial charge in [-0.05, 0) is 12.3 Å². The molecule has 1 amide bonds. The molecule has 0 heterocycles. The number of carbonyl (C=O) groups excluding carboxylic acids is 1. The van der Waals surface area contributed by atoms with Gasteiger partial charge in [-0.2, -0.15) is 0 Å². The van der Waals surface area contributed by atoms with Crippen molar-refractivity contribution in [2.45, 2.75) is 44.6 Å². The number of ether oxygens (including phenoxy) is 1. The SMILES string of the molecule is CO[C@@H](CC1CCCCC1)C(=O)NC/C=C/CN. The van der Waals surface area contributed by atoms with Crippen LogP contribution >= 0.6 is 0 Å². The number of nitrogens with two attached hydrogens (primary N) is 1. The molecule has 1 atom stereocenters. The van der Waals surface area contributed by atoms with Crippen molar-refractivity contribution in [3.05, 3.63) is 12.2 Å². The molecule has 104 valence electrons. The molecule has 0 aromatic carbocycles. The van der Waals surface area contributed by atoms with Crippen LogP contribution in [0.5, 0.6) is 0 Å². The molecule has 18 heavy (non-hydrogen) atoms. The number of hydrogen-bond donors (Lipinski definition) is 2. The number of nitrogens with one attached hydrogen (secondary N) is 1. The Labute approximate surface area is 110 Å². The summed E-state index contributed by atoms with van der Waals surface area (Å²) < 4.78 is 5.31. The minimum Gasteiger partial charge on any atom is -0.372 e. The van der Waals surface area contributed by atoms with Gasteiger partial charge in [-0.15, -0.1) is 0 Å². The van der Waals surface area contributed by atoms with Crippen molar-refractivity contribution in [2.24, 2.45) is 11.7 Å². The van der Waals surface area contributed by atoms with Gasteiger partial charge >= 0.3 is 0 Å². The van der Waals surface area contributed by atoms with Crippen molar-refractivity contribution < 1.29 is 9.53 Å². The molecule has 3 N–H and O–H groups in total. The molecule has 4 nitrogen and oxygen atoms in total. The van der Waals surface area contributed by atoms with Crippen molar-refractivity contribution in [3.63, 3.8) is 0 Å². The summed E-state index contributed by atoms with van der Waals surface area (Å²) in [7, 11) is 1.61. The molecule has 0 radical (unpaired) electrons. The lowest BCUT2D eigenvalue weighted by atomic mass is 9.85. The lowest BCUT2D eigenvalue weighted by molar-refractivity contribution is -0.132. The van der Waals surface area contributed by atoms with Gasteiger partial charge in [0.15, 0.2) is 0 Å². The number of amides is 1. The summed E-state index contributed by atoms with van der Waals surface area (Å²) in [5.74, 6) is 0.638. The summed E-state index contributed by atoms with van der Waals surface area (Å²) in [6.07, 6.45) is 10.6. The Morgan fingerprint density at radius 2 is 2.11 bits per heavy atom. The Hall–Kier alpha value is -0.870. The predicted octanol–water partition coefficient (Wildman–Crippen LogP) is 1.60. The second-order valence-electron chi connectivity index (χ2n) is 4.92. The molecule has 0 aliphatic heterocycles. The van der Waals surface area contributed by atoms with Crippen LogP contribution in [0.3, 0.4) is 0 Å². The van der Waals surface area contributed by atoms with E-state index in [4.69, 9.17) is 10.5 Å². The van der Waals surface area contributed by atoms with Gasteiger partial charge in [-0.1, -0.05) is 44.3 Å². The number of hydrogen-bond acceptors (Lipinski definition) is 3. The lowest BCUT2D eigenvalue weighted by Gasteiger charge is -2.25. The molecular weight excluding hydrogens is 228 g/mol. The summed E-state index contributed by atoms with van der Waals surface area (Å²) in [5.41, 5.74) is 5.33. The highest BCUT2D eigenvalue weighted by Gasteiger charge is 2.23. The second-order valence-corrected chi connectivity index (χ2v) is 4.92. The van der Waals surface area contributed by atoms with Crippen molar-refractivity contribution in [2.75, 3.05) is 20.2 Å². The molecule has 1 aliphatic carbocycles. The average Bonchev–Trinajstić information content (AvgIpc) is 2.42. The molecule has 0 aromatic heterocycles. The predicted molar refractivity (Wildman–Crippen MR) is 73.2 cm³/mol. The first kappa shape index (κ1) is 15.2. The van der Waals surface area contributed by atoms with Crippen molar-refractivity contribution in [3.8, 4) is 0 Å². The molecule has 0 unspecified atom stereocenters. The van der Waals surface area contributed by atoms with E-state index in [0.717, 1.165) is 6.42 Å². The number of rotatable bonds is 7. The highest BCUT2D eigenvalue weighted by molar-refractivity contribution is 5.80. The van der Waals surface area contributed by atoms with Crippen LogP contribution in [-0.2, 0) is 9.53 Å². The first-order chi connectivity index (χ1) is 8.77. The first-order valence-corrected chi connectivity index (χ1v) is 6.93. The minimum absolute atomic E-state index is 0.00950. The standard InChI is InChI=1S/C14H26N2O2/c1-18-13(11-12-7-3-2-4-8-12)14(17)16-10-6-5-9-15/h5-6,12-13H,2-4,7-11,15H2,1H3,(H,16,17)/b6-5+/t13-/m0/s1. The summed E-state index contributed by atoms with van der Waals surface area (Å²) in [6.45, 7) is 1.03. The fourth-order valence-electron chi connectivity index (χ4n) is 2.49. The lowest BCUT2D eigenvalue weighted by Crippen LogP contribution is -2.37. The maximum atomic E-state index is 11.9. The highest BCUT2D eigenvalue weighted by Crippen LogP contribution is 2.27. The molecule has 0 spiro atoms. The van der Waals surface area contributed by atoms with Crippen molar-refractivity contribution >= 4 is 5.91 Å². The minimum atomic E-state index is -0.306. The van der Waals surface area contributed by atoms with E-state index in [-0.39, 0.29) is 12.0 Å². The van der Waals surface area contributed by atoms with Crippen LogP contribution in [-0.4, -0.2) is 32.2 Å². The zero-order valence-corrected chi connectivity index (χ0v) is 11.4.